The van der Waals surface area contributed by atoms with Crippen LogP contribution in [-0.4, -0.2) is 6.36 Å². The molecule has 0 heterocycles. The van der Waals surface area contributed by atoms with Crippen molar-refractivity contribution in [1.29, 1.82) is 0 Å². The van der Waals surface area contributed by atoms with Crippen LogP contribution in [0.2, 0.25) is 0 Å². The third-order valence-electron chi connectivity index (χ3n) is 5.76. The van der Waals surface area contributed by atoms with E-state index in [-0.39, 0.29) is 11.1 Å². The van der Waals surface area contributed by atoms with Gasteiger partial charge in [-0.2, -0.15) is 0 Å². The maximum atomic E-state index is 14.8. The first-order valence-electron chi connectivity index (χ1n) is 10.5. The van der Waals surface area contributed by atoms with E-state index in [1.165, 1.54) is 17.7 Å². The van der Waals surface area contributed by atoms with E-state index in [1.54, 1.807) is 6.07 Å². The molecule has 0 aromatic heterocycles. The molecule has 4 rings (SSSR count). The fraction of sp³-hybridized carbons (Fsp3) is 0.231. The first kappa shape index (κ1) is 23.0. The van der Waals surface area contributed by atoms with Crippen molar-refractivity contribution in [3.63, 3.8) is 0 Å². The summed E-state index contributed by atoms with van der Waals surface area (Å²) in [5, 5.41) is 0. The summed E-state index contributed by atoms with van der Waals surface area (Å²) in [5.41, 5.74) is 3.36. The molecule has 1 atom stereocenters. The zero-order chi connectivity index (χ0) is 23.8. The Balaban J connectivity index is 1.59. The maximum absolute atomic E-state index is 14.8. The Morgan fingerprint density at radius 2 is 1.33 bits per heavy atom. The van der Waals surface area contributed by atoms with Gasteiger partial charge in [0.2, 0.25) is 5.75 Å². The molecule has 0 unspecified atom stereocenters. The lowest BCUT2D eigenvalue weighted by Crippen LogP contribution is -2.19. The van der Waals surface area contributed by atoms with Gasteiger partial charge < -0.3 is 4.74 Å². The van der Waals surface area contributed by atoms with Crippen LogP contribution >= 0.6 is 0 Å². The molecule has 3 aromatic carbocycles. The van der Waals surface area contributed by atoms with Crippen molar-refractivity contribution in [2.45, 2.75) is 32.5 Å². The zero-order valence-corrected chi connectivity index (χ0v) is 17.6. The van der Waals surface area contributed by atoms with Crippen molar-refractivity contribution < 1.29 is 31.1 Å². The Morgan fingerprint density at radius 3 is 1.88 bits per heavy atom. The Hall–Kier alpha value is -3.22. The number of halogens is 6. The van der Waals surface area contributed by atoms with Gasteiger partial charge in [0.1, 0.15) is 5.82 Å². The van der Waals surface area contributed by atoms with Crippen LogP contribution < -0.4 is 4.74 Å². The molecule has 0 fully saturated rings. The van der Waals surface area contributed by atoms with Crippen LogP contribution in [-0.2, 0) is 0 Å². The van der Waals surface area contributed by atoms with Gasteiger partial charge in [-0.3, -0.25) is 0 Å². The smallest absolute Gasteiger partial charge is 0.399 e. The minimum absolute atomic E-state index is 0.145. The normalized spacial score (nSPS) is 16.5. The van der Waals surface area contributed by atoms with Crippen molar-refractivity contribution in [2.24, 2.45) is 5.92 Å². The van der Waals surface area contributed by atoms with Crippen molar-refractivity contribution in [3.8, 4) is 28.0 Å². The van der Waals surface area contributed by atoms with Crippen LogP contribution in [0, 0.1) is 23.4 Å². The summed E-state index contributed by atoms with van der Waals surface area (Å²) in [7, 11) is 0. The highest BCUT2D eigenvalue weighted by molar-refractivity contribution is 5.74. The van der Waals surface area contributed by atoms with Crippen LogP contribution in [0.15, 0.2) is 60.7 Å². The maximum Gasteiger partial charge on any atom is 0.573 e. The first-order chi connectivity index (χ1) is 15.6. The van der Waals surface area contributed by atoms with E-state index in [9.17, 15) is 26.3 Å². The average Bonchev–Trinajstić information content (AvgIpc) is 2.76. The van der Waals surface area contributed by atoms with E-state index in [0.717, 1.165) is 30.4 Å². The highest BCUT2D eigenvalue weighted by atomic mass is 19.4. The van der Waals surface area contributed by atoms with Gasteiger partial charge >= 0.3 is 6.36 Å². The lowest BCUT2D eigenvalue weighted by atomic mass is 9.87. The number of alkyl halides is 3. The lowest BCUT2D eigenvalue weighted by molar-refractivity contribution is -0.276. The van der Waals surface area contributed by atoms with E-state index in [0.29, 0.717) is 23.6 Å². The molecule has 0 N–H and O–H groups in total. The van der Waals surface area contributed by atoms with E-state index in [4.69, 9.17) is 0 Å². The summed E-state index contributed by atoms with van der Waals surface area (Å²) >= 11 is 0. The summed E-state index contributed by atoms with van der Waals surface area (Å²) < 4.78 is 83.2. The third kappa shape index (κ3) is 5.24. The molecule has 0 saturated carbocycles. The first-order valence-corrected chi connectivity index (χ1v) is 10.5. The molecular formula is C26H20F6O. The molecule has 0 amide bonds. The number of allylic oxidation sites excluding steroid dienone is 2. The number of rotatable bonds is 4. The van der Waals surface area contributed by atoms with E-state index in [2.05, 4.69) is 17.7 Å². The van der Waals surface area contributed by atoms with Crippen molar-refractivity contribution in [1.82, 2.24) is 0 Å². The van der Waals surface area contributed by atoms with E-state index < -0.39 is 29.6 Å². The second kappa shape index (κ2) is 8.96. The van der Waals surface area contributed by atoms with Crippen molar-refractivity contribution in [2.75, 3.05) is 0 Å². The van der Waals surface area contributed by atoms with Crippen LogP contribution in [0.1, 0.15) is 31.7 Å². The topological polar surface area (TPSA) is 9.23 Å². The van der Waals surface area contributed by atoms with Gasteiger partial charge in [-0.1, -0.05) is 49.4 Å². The Bertz CT molecular complexity index is 1170. The predicted molar refractivity (Wildman–Crippen MR) is 115 cm³/mol. The third-order valence-corrected chi connectivity index (χ3v) is 5.76. The second-order valence-electron chi connectivity index (χ2n) is 8.20. The Labute approximate surface area is 187 Å². The quantitative estimate of drug-likeness (QED) is 0.353. The molecule has 0 radical (unpaired) electrons. The summed E-state index contributed by atoms with van der Waals surface area (Å²) in [6, 6.07) is 13.1. The molecule has 1 aliphatic rings. The highest BCUT2D eigenvalue weighted by Gasteiger charge is 2.34. The molecule has 0 aliphatic heterocycles. The molecule has 172 valence electrons. The van der Waals surface area contributed by atoms with E-state index in [1.807, 2.05) is 24.3 Å². The van der Waals surface area contributed by atoms with Crippen molar-refractivity contribution in [3.05, 3.63) is 83.7 Å². The van der Waals surface area contributed by atoms with Gasteiger partial charge in [-0.25, -0.2) is 13.2 Å². The Kier molecular flexibility index (Phi) is 6.23. The lowest BCUT2D eigenvalue weighted by Gasteiger charge is -2.18. The van der Waals surface area contributed by atoms with Gasteiger partial charge in [-0.15, -0.1) is 13.2 Å². The largest absolute Gasteiger partial charge is 0.573 e. The fourth-order valence-electron chi connectivity index (χ4n) is 3.96. The minimum Gasteiger partial charge on any atom is -0.399 e. The Morgan fingerprint density at radius 1 is 0.758 bits per heavy atom. The number of ether oxygens (including phenoxy) is 1. The highest BCUT2D eigenvalue weighted by Crippen LogP contribution is 2.35. The molecule has 0 bridgehead atoms. The van der Waals surface area contributed by atoms with Gasteiger partial charge in [0.05, 0.1) is 0 Å². The van der Waals surface area contributed by atoms with E-state index >= 15 is 0 Å². The summed E-state index contributed by atoms with van der Waals surface area (Å²) in [5.74, 6) is -4.81. The van der Waals surface area contributed by atoms with Crippen LogP contribution in [0.3, 0.4) is 0 Å². The fourth-order valence-corrected chi connectivity index (χ4v) is 3.96. The van der Waals surface area contributed by atoms with Crippen LogP contribution in [0.5, 0.6) is 5.75 Å². The predicted octanol–water partition coefficient (Wildman–Crippen LogP) is 8.54. The molecule has 1 aliphatic carbocycles. The van der Waals surface area contributed by atoms with Gasteiger partial charge in [0.25, 0.3) is 0 Å². The van der Waals surface area contributed by atoms with Gasteiger partial charge in [0.15, 0.2) is 11.6 Å². The number of hydrogen-bond acceptors (Lipinski definition) is 1. The van der Waals surface area contributed by atoms with Crippen molar-refractivity contribution >= 4 is 5.57 Å². The summed E-state index contributed by atoms with van der Waals surface area (Å²) in [6.07, 6.45) is 0.210. The summed E-state index contributed by atoms with van der Waals surface area (Å²) in [4.78, 5) is 0. The SMILES string of the molecule is C[C@@H]1CC=C(c2ccc(-c3ccc(-c4cc(F)c(OC(F)(F)F)c(F)c4)c(F)c3)cc2)CC1. The average molecular weight is 462 g/mol. The molecule has 1 nitrogen and oxygen atoms in total. The second-order valence-corrected chi connectivity index (χ2v) is 8.20. The minimum atomic E-state index is -5.25. The molecule has 0 spiro atoms. The standard InChI is InChI=1S/C26H20F6O/c1-15-2-4-16(5-3-15)17-6-8-18(9-7-17)19-10-11-21(22(27)12-19)20-13-23(28)25(24(29)14-20)33-26(30,31)32/h4,6-15H,2-3,5H2,1H3/t15-/m1/s1. The van der Waals surface area contributed by atoms with Gasteiger partial charge in [-0.05, 0) is 71.2 Å². The van der Waals surface area contributed by atoms with Crippen LogP contribution in [0.25, 0.3) is 27.8 Å². The molecular weight excluding hydrogens is 442 g/mol. The summed E-state index contributed by atoms with van der Waals surface area (Å²) in [6.45, 7) is 2.22. The van der Waals surface area contributed by atoms with Gasteiger partial charge in [0, 0.05) is 5.56 Å². The monoisotopic (exact) mass is 462 g/mol. The number of benzene rings is 3. The molecule has 0 saturated heterocycles. The molecule has 3 aromatic rings. The van der Waals surface area contributed by atoms with Crippen LogP contribution in [0.4, 0.5) is 26.3 Å². The number of hydrogen-bond donors (Lipinski definition) is 0. The molecule has 7 heteroatoms. The zero-order valence-electron chi connectivity index (χ0n) is 17.6. The molecule has 33 heavy (non-hydrogen) atoms.